The molecule has 5 heavy (non-hydrogen) atoms. The van der Waals surface area contributed by atoms with E-state index in [4.69, 9.17) is 0 Å². The van der Waals surface area contributed by atoms with Crippen molar-refractivity contribution in [1.82, 2.24) is 0 Å². The van der Waals surface area contributed by atoms with Gasteiger partial charge >= 0.3 is 6.10 Å². The van der Waals surface area contributed by atoms with Crippen molar-refractivity contribution in [2.75, 3.05) is 0 Å². The Kier molecular flexibility index (Phi) is 0.394. The zero-order valence-electron chi connectivity index (χ0n) is 2.55. The molecular formula is C3H3O2+. The van der Waals surface area contributed by atoms with Gasteiger partial charge in [-0.05, 0) is 0 Å². The van der Waals surface area contributed by atoms with Crippen LogP contribution >= 0.6 is 0 Å². The van der Waals surface area contributed by atoms with Gasteiger partial charge in [-0.15, -0.1) is 4.74 Å². The molecular weight excluding hydrogens is 68.0 g/mol. The average Bonchev–Trinajstić information content (AvgIpc) is 2.12. The Bertz CT molecular complexity index is 46.9. The smallest absolute Gasteiger partial charge is 0.295 e. The molecule has 1 atom stereocenters. The minimum Gasteiger partial charge on any atom is -0.295 e. The summed E-state index contributed by atoms with van der Waals surface area (Å²) in [5.41, 5.74) is 0. The molecule has 0 saturated carbocycles. The van der Waals surface area contributed by atoms with Gasteiger partial charge in [-0.1, -0.05) is 0 Å². The molecule has 0 aromatic carbocycles. The highest BCUT2D eigenvalue weighted by Gasteiger charge is 2.38. The number of carbonyl (C=O) groups excluding carboxylic acids is 1. The van der Waals surface area contributed by atoms with E-state index in [1.54, 1.807) is 0 Å². The predicted octanol–water partition coefficient (Wildman–Crippen LogP) is -0.254. The normalized spacial score (nSPS) is 31.6. The van der Waals surface area contributed by atoms with Gasteiger partial charge in [0.15, 0.2) is 0 Å². The van der Waals surface area contributed by atoms with Crippen molar-refractivity contribution in [3.63, 3.8) is 0 Å². The molecule has 0 aliphatic carbocycles. The summed E-state index contributed by atoms with van der Waals surface area (Å²) >= 11 is 0. The lowest BCUT2D eigenvalue weighted by molar-refractivity contribution is -0.108. The van der Waals surface area contributed by atoms with Gasteiger partial charge in [-0.2, -0.15) is 0 Å². The highest BCUT2D eigenvalue weighted by Crippen LogP contribution is 2.10. The predicted molar refractivity (Wildman–Crippen MR) is 15.2 cm³/mol. The first kappa shape index (κ1) is 2.72. The Morgan fingerprint density at radius 1 is 2.00 bits per heavy atom. The molecule has 1 unspecified atom stereocenters. The summed E-state index contributed by atoms with van der Waals surface area (Å²) in [7, 11) is 0. The molecule has 0 N–H and O–H groups in total. The van der Waals surface area contributed by atoms with E-state index >= 15 is 0 Å². The Morgan fingerprint density at radius 2 is 2.60 bits per heavy atom. The van der Waals surface area contributed by atoms with Gasteiger partial charge in [-0.3, -0.25) is 4.79 Å². The molecule has 2 nitrogen and oxygen atoms in total. The summed E-state index contributed by atoms with van der Waals surface area (Å²) in [5.74, 6) is 0. The van der Waals surface area contributed by atoms with E-state index in [-0.39, 0.29) is 6.10 Å². The third-order valence-electron chi connectivity index (χ3n) is 0.427. The van der Waals surface area contributed by atoms with Crippen molar-refractivity contribution in [2.24, 2.45) is 0 Å². The number of epoxide rings is 1. The maximum Gasteiger partial charge on any atom is 0.329 e. The second-order valence-electron chi connectivity index (χ2n) is 0.873. The number of hydrogen-bond donors (Lipinski definition) is 0. The van der Waals surface area contributed by atoms with Gasteiger partial charge in [-0.25, -0.2) is 0 Å². The first-order chi connectivity index (χ1) is 2.43. The summed E-state index contributed by atoms with van der Waals surface area (Å²) in [5, 5.41) is 0. The van der Waals surface area contributed by atoms with Gasteiger partial charge in [0.05, 0.1) is 0 Å². The quantitative estimate of drug-likeness (QED) is 0.242. The zero-order chi connectivity index (χ0) is 3.70. The van der Waals surface area contributed by atoms with E-state index in [0.29, 0.717) is 0 Å². The van der Waals surface area contributed by atoms with Crippen LogP contribution in [-0.4, -0.2) is 12.4 Å². The third kappa shape index (κ3) is 0.389. The molecule has 1 rings (SSSR count). The van der Waals surface area contributed by atoms with Crippen LogP contribution in [0.3, 0.4) is 0 Å². The zero-order valence-corrected chi connectivity index (χ0v) is 2.55. The van der Waals surface area contributed by atoms with Crippen LogP contribution in [0.15, 0.2) is 0 Å². The van der Waals surface area contributed by atoms with Crippen LogP contribution in [0.4, 0.5) is 0 Å². The maximum atomic E-state index is 9.41. The highest BCUT2D eigenvalue weighted by atomic mass is 16.6. The lowest BCUT2D eigenvalue weighted by atomic mass is 10.6. The third-order valence-corrected chi connectivity index (χ3v) is 0.427. The van der Waals surface area contributed by atoms with Crippen LogP contribution in [0.2, 0.25) is 0 Å². The molecule has 0 aromatic heterocycles. The molecule has 1 aliphatic rings. The molecule has 0 bridgehead atoms. The van der Waals surface area contributed by atoms with Gasteiger partial charge in [0.1, 0.15) is 0 Å². The molecule has 2 heteroatoms. The number of carbonyl (C=O) groups is 1. The fourth-order valence-electron chi connectivity index (χ4n) is 0.110. The lowest BCUT2D eigenvalue weighted by Crippen LogP contribution is -1.77. The van der Waals surface area contributed by atoms with Crippen LogP contribution in [0, 0.1) is 6.61 Å². The lowest BCUT2D eigenvalue weighted by Gasteiger charge is -1.39. The molecule has 0 amide bonds. The largest absolute Gasteiger partial charge is 0.329 e. The van der Waals surface area contributed by atoms with Crippen LogP contribution in [0.5, 0.6) is 0 Å². The molecule has 1 heterocycles. The van der Waals surface area contributed by atoms with Gasteiger partial charge in [0.25, 0.3) is 6.61 Å². The van der Waals surface area contributed by atoms with Crippen molar-refractivity contribution in [2.45, 2.75) is 6.10 Å². The van der Waals surface area contributed by atoms with Gasteiger partial charge in [0.2, 0.25) is 6.29 Å². The maximum absolute atomic E-state index is 9.41. The molecule has 1 aliphatic heterocycles. The Hall–Kier alpha value is -0.500. The summed E-state index contributed by atoms with van der Waals surface area (Å²) in [6.07, 6.45) is 0.579. The molecule has 1 fully saturated rings. The SMILES string of the molecule is O=CC1[CH+]O1. The van der Waals surface area contributed by atoms with Crippen molar-refractivity contribution < 1.29 is 9.53 Å². The van der Waals surface area contributed by atoms with E-state index in [1.165, 1.54) is 6.61 Å². The summed E-state index contributed by atoms with van der Waals surface area (Å²) in [4.78, 5) is 9.41. The fraction of sp³-hybridized carbons (Fsp3) is 0.333. The Balaban J connectivity index is 2.21. The second kappa shape index (κ2) is 0.723. The highest BCUT2D eigenvalue weighted by molar-refractivity contribution is 5.61. The summed E-state index contributed by atoms with van der Waals surface area (Å²) < 4.78 is 4.36. The van der Waals surface area contributed by atoms with Crippen LogP contribution in [0.1, 0.15) is 0 Å². The Labute approximate surface area is 29.7 Å². The number of ether oxygens (including phenoxy) is 1. The molecule has 0 aromatic rings. The minimum atomic E-state index is -0.171. The number of aldehydes is 1. The molecule has 0 radical (unpaired) electrons. The van der Waals surface area contributed by atoms with Crippen LogP contribution in [-0.2, 0) is 9.53 Å². The number of hydrogen-bond acceptors (Lipinski definition) is 2. The summed E-state index contributed by atoms with van der Waals surface area (Å²) in [6, 6.07) is 0. The second-order valence-corrected chi connectivity index (χ2v) is 0.873. The molecule has 1 saturated heterocycles. The van der Waals surface area contributed by atoms with Gasteiger partial charge < -0.3 is 0 Å². The topological polar surface area (TPSA) is 29.6 Å². The van der Waals surface area contributed by atoms with Crippen molar-refractivity contribution >= 4 is 6.29 Å². The monoisotopic (exact) mass is 71.0 g/mol. The fourth-order valence-corrected chi connectivity index (χ4v) is 0.110. The van der Waals surface area contributed by atoms with Crippen molar-refractivity contribution in [1.29, 1.82) is 0 Å². The number of rotatable bonds is 1. The van der Waals surface area contributed by atoms with Crippen molar-refractivity contribution in [3.05, 3.63) is 6.61 Å². The molecule has 26 valence electrons. The van der Waals surface area contributed by atoms with Gasteiger partial charge in [0, 0.05) is 0 Å². The Morgan fingerprint density at radius 3 is 2.60 bits per heavy atom. The van der Waals surface area contributed by atoms with E-state index < -0.39 is 0 Å². The standard InChI is InChI=1S/C3H3O2/c4-1-3-2-5-3/h1-3H/q+1. The minimum absolute atomic E-state index is 0.171. The van der Waals surface area contributed by atoms with E-state index in [0.717, 1.165) is 6.29 Å². The summed E-state index contributed by atoms with van der Waals surface area (Å²) in [6.45, 7) is 1.48. The van der Waals surface area contributed by atoms with Crippen molar-refractivity contribution in [3.8, 4) is 0 Å². The van der Waals surface area contributed by atoms with E-state index in [2.05, 4.69) is 4.74 Å². The van der Waals surface area contributed by atoms with Crippen LogP contribution < -0.4 is 0 Å². The van der Waals surface area contributed by atoms with E-state index in [9.17, 15) is 4.79 Å². The first-order valence-corrected chi connectivity index (χ1v) is 1.37. The van der Waals surface area contributed by atoms with E-state index in [1.807, 2.05) is 0 Å². The average molecular weight is 71.1 g/mol. The van der Waals surface area contributed by atoms with Crippen LogP contribution in [0.25, 0.3) is 0 Å². The molecule has 0 spiro atoms. The first-order valence-electron chi connectivity index (χ1n) is 1.37.